The van der Waals surface area contributed by atoms with Gasteiger partial charge in [-0.3, -0.25) is 0 Å². The van der Waals surface area contributed by atoms with Gasteiger partial charge in [-0.05, 0) is 13.1 Å². The van der Waals surface area contributed by atoms with Crippen LogP contribution < -0.4 is 5.32 Å². The van der Waals surface area contributed by atoms with E-state index in [0.717, 1.165) is 6.07 Å². The van der Waals surface area contributed by atoms with Crippen molar-refractivity contribution in [3.63, 3.8) is 0 Å². The second kappa shape index (κ2) is 4.97. The SMILES string of the molecule is CNC(c1cncnc1)c1cccc(F)c1F. The van der Waals surface area contributed by atoms with Crippen LogP contribution in [0.4, 0.5) is 8.78 Å². The number of hydrogen-bond donors (Lipinski definition) is 1. The fourth-order valence-electron chi connectivity index (χ4n) is 1.70. The molecule has 3 nitrogen and oxygen atoms in total. The number of hydrogen-bond acceptors (Lipinski definition) is 3. The molecule has 1 aromatic heterocycles. The van der Waals surface area contributed by atoms with E-state index in [1.165, 1.54) is 18.5 Å². The highest BCUT2D eigenvalue weighted by atomic mass is 19.2. The zero-order chi connectivity index (χ0) is 12.3. The van der Waals surface area contributed by atoms with E-state index in [9.17, 15) is 8.78 Å². The summed E-state index contributed by atoms with van der Waals surface area (Å²) in [5, 5.41) is 2.92. The average molecular weight is 235 g/mol. The van der Waals surface area contributed by atoms with Crippen LogP contribution in [-0.2, 0) is 0 Å². The molecule has 1 heterocycles. The standard InChI is InChI=1S/C12H11F2N3/c1-15-12(8-5-16-7-17-6-8)9-3-2-4-10(13)11(9)14/h2-7,12,15H,1H3. The number of benzene rings is 1. The van der Waals surface area contributed by atoms with Crippen molar-refractivity contribution in [3.05, 3.63) is 59.7 Å². The van der Waals surface area contributed by atoms with Gasteiger partial charge in [-0.1, -0.05) is 12.1 Å². The van der Waals surface area contributed by atoms with Gasteiger partial charge < -0.3 is 5.32 Å². The van der Waals surface area contributed by atoms with Gasteiger partial charge in [0.05, 0.1) is 6.04 Å². The molecule has 0 aliphatic rings. The molecule has 0 fully saturated rings. The largest absolute Gasteiger partial charge is 0.309 e. The van der Waals surface area contributed by atoms with Crippen LogP contribution in [0.2, 0.25) is 0 Å². The van der Waals surface area contributed by atoms with Crippen molar-refractivity contribution in [1.82, 2.24) is 15.3 Å². The van der Waals surface area contributed by atoms with Crippen molar-refractivity contribution in [1.29, 1.82) is 0 Å². The highest BCUT2D eigenvalue weighted by Crippen LogP contribution is 2.24. The first-order valence-electron chi connectivity index (χ1n) is 5.10. The molecule has 0 saturated heterocycles. The molecule has 0 spiro atoms. The lowest BCUT2D eigenvalue weighted by Crippen LogP contribution is -2.19. The Labute approximate surface area is 97.5 Å². The van der Waals surface area contributed by atoms with E-state index >= 15 is 0 Å². The van der Waals surface area contributed by atoms with E-state index in [-0.39, 0.29) is 5.56 Å². The molecule has 0 radical (unpaired) electrons. The topological polar surface area (TPSA) is 37.8 Å². The summed E-state index contributed by atoms with van der Waals surface area (Å²) in [5.74, 6) is -1.71. The van der Waals surface area contributed by atoms with Crippen molar-refractivity contribution < 1.29 is 8.78 Å². The summed E-state index contributed by atoms with van der Waals surface area (Å²) in [6.45, 7) is 0. The van der Waals surface area contributed by atoms with Crippen LogP contribution in [0.5, 0.6) is 0 Å². The van der Waals surface area contributed by atoms with Crippen molar-refractivity contribution in [2.45, 2.75) is 6.04 Å². The minimum atomic E-state index is -0.861. The number of aromatic nitrogens is 2. The molecular formula is C12H11F2N3. The van der Waals surface area contributed by atoms with E-state index in [2.05, 4.69) is 15.3 Å². The quantitative estimate of drug-likeness (QED) is 0.884. The second-order valence-electron chi connectivity index (χ2n) is 3.54. The zero-order valence-corrected chi connectivity index (χ0v) is 9.19. The molecule has 1 unspecified atom stereocenters. The number of nitrogens with one attached hydrogen (secondary N) is 1. The molecule has 1 N–H and O–H groups in total. The maximum atomic E-state index is 13.7. The van der Waals surface area contributed by atoms with Crippen LogP contribution in [0.3, 0.4) is 0 Å². The van der Waals surface area contributed by atoms with Gasteiger partial charge in [-0.2, -0.15) is 0 Å². The first-order valence-corrected chi connectivity index (χ1v) is 5.10. The predicted molar refractivity (Wildman–Crippen MR) is 59.3 cm³/mol. The zero-order valence-electron chi connectivity index (χ0n) is 9.19. The Kier molecular flexibility index (Phi) is 3.39. The lowest BCUT2D eigenvalue weighted by molar-refractivity contribution is 0.487. The molecule has 0 saturated carbocycles. The Morgan fingerprint density at radius 2 is 1.88 bits per heavy atom. The summed E-state index contributed by atoms with van der Waals surface area (Å²) in [6, 6.07) is 3.63. The lowest BCUT2D eigenvalue weighted by atomic mass is 10.0. The van der Waals surface area contributed by atoms with Crippen molar-refractivity contribution in [2.24, 2.45) is 0 Å². The number of rotatable bonds is 3. The molecule has 0 bridgehead atoms. The third-order valence-corrected chi connectivity index (χ3v) is 2.50. The minimum Gasteiger partial charge on any atom is -0.309 e. The Morgan fingerprint density at radius 1 is 1.18 bits per heavy atom. The molecule has 0 amide bonds. The van der Waals surface area contributed by atoms with Crippen molar-refractivity contribution >= 4 is 0 Å². The van der Waals surface area contributed by atoms with Crippen LogP contribution in [0.25, 0.3) is 0 Å². The highest BCUT2D eigenvalue weighted by Gasteiger charge is 2.18. The maximum absolute atomic E-state index is 13.7. The van der Waals surface area contributed by atoms with Crippen molar-refractivity contribution in [2.75, 3.05) is 7.05 Å². The van der Waals surface area contributed by atoms with Crippen LogP contribution in [0.15, 0.2) is 36.9 Å². The van der Waals surface area contributed by atoms with E-state index in [4.69, 9.17) is 0 Å². The molecule has 2 aromatic rings. The third-order valence-electron chi connectivity index (χ3n) is 2.50. The van der Waals surface area contributed by atoms with Gasteiger partial charge in [0.1, 0.15) is 6.33 Å². The van der Waals surface area contributed by atoms with Crippen molar-refractivity contribution in [3.8, 4) is 0 Å². The molecule has 2 rings (SSSR count). The Hall–Kier alpha value is -1.88. The van der Waals surface area contributed by atoms with E-state index in [1.807, 2.05) is 0 Å². The number of halogens is 2. The third kappa shape index (κ3) is 2.29. The van der Waals surface area contributed by atoms with E-state index in [0.29, 0.717) is 5.56 Å². The number of nitrogens with zero attached hydrogens (tertiary/aromatic N) is 2. The maximum Gasteiger partial charge on any atom is 0.163 e. The first kappa shape index (κ1) is 11.6. The van der Waals surface area contributed by atoms with Gasteiger partial charge >= 0.3 is 0 Å². The van der Waals surface area contributed by atoms with Gasteiger partial charge in [0.2, 0.25) is 0 Å². The Bertz CT molecular complexity index is 502. The van der Waals surface area contributed by atoms with Crippen LogP contribution in [0, 0.1) is 11.6 Å². The average Bonchev–Trinajstić information content (AvgIpc) is 2.37. The van der Waals surface area contributed by atoms with Gasteiger partial charge in [-0.15, -0.1) is 0 Å². The van der Waals surface area contributed by atoms with Crippen LogP contribution in [-0.4, -0.2) is 17.0 Å². The molecule has 1 atom stereocenters. The predicted octanol–water partition coefficient (Wildman–Crippen LogP) is 2.06. The first-order chi connectivity index (χ1) is 8.24. The van der Waals surface area contributed by atoms with Gasteiger partial charge in [-0.25, -0.2) is 18.7 Å². The molecule has 0 aliphatic heterocycles. The Balaban J connectivity index is 2.46. The molecule has 5 heteroatoms. The summed E-state index contributed by atoms with van der Waals surface area (Å²) >= 11 is 0. The summed E-state index contributed by atoms with van der Waals surface area (Å²) in [6.07, 6.45) is 4.52. The summed E-state index contributed by atoms with van der Waals surface area (Å²) in [7, 11) is 1.67. The Morgan fingerprint density at radius 3 is 2.53 bits per heavy atom. The molecule has 88 valence electrons. The fourth-order valence-corrected chi connectivity index (χ4v) is 1.70. The monoisotopic (exact) mass is 235 g/mol. The summed E-state index contributed by atoms with van der Waals surface area (Å²) in [5.41, 5.74) is 0.918. The second-order valence-corrected chi connectivity index (χ2v) is 3.54. The fraction of sp³-hybridized carbons (Fsp3) is 0.167. The lowest BCUT2D eigenvalue weighted by Gasteiger charge is -2.17. The van der Waals surface area contributed by atoms with E-state index in [1.54, 1.807) is 19.4 Å². The van der Waals surface area contributed by atoms with Gasteiger partial charge in [0, 0.05) is 23.5 Å². The van der Waals surface area contributed by atoms with Gasteiger partial charge in [0.15, 0.2) is 11.6 Å². The minimum absolute atomic E-state index is 0.238. The molecular weight excluding hydrogens is 224 g/mol. The normalized spacial score (nSPS) is 12.4. The molecule has 1 aromatic carbocycles. The smallest absolute Gasteiger partial charge is 0.163 e. The van der Waals surface area contributed by atoms with Crippen LogP contribution >= 0.6 is 0 Å². The summed E-state index contributed by atoms with van der Waals surface area (Å²) < 4.78 is 26.8. The van der Waals surface area contributed by atoms with E-state index < -0.39 is 17.7 Å². The summed E-state index contributed by atoms with van der Waals surface area (Å²) in [4.78, 5) is 7.73. The molecule has 17 heavy (non-hydrogen) atoms. The van der Waals surface area contributed by atoms with Crippen LogP contribution in [0.1, 0.15) is 17.2 Å². The molecule has 0 aliphatic carbocycles. The van der Waals surface area contributed by atoms with Gasteiger partial charge in [0.25, 0.3) is 0 Å². The highest BCUT2D eigenvalue weighted by molar-refractivity contribution is 5.30.